The Labute approximate surface area is 111 Å². The number of nitrogens with one attached hydrogen (secondary N) is 1. The van der Waals surface area contributed by atoms with Gasteiger partial charge in [-0.05, 0) is 4.57 Å². The van der Waals surface area contributed by atoms with Gasteiger partial charge in [0.15, 0.2) is 0 Å². The molecule has 0 radical (unpaired) electrons. The minimum Gasteiger partial charge on any atom is -0.338 e. The van der Waals surface area contributed by atoms with E-state index in [2.05, 4.69) is 15.3 Å². The maximum absolute atomic E-state index is 11.1. The first-order valence-electron chi connectivity index (χ1n) is 5.59. The topological polar surface area (TPSA) is 116 Å². The monoisotopic (exact) mass is 303 g/mol. The molecule has 1 saturated heterocycles. The van der Waals surface area contributed by atoms with Crippen molar-refractivity contribution in [2.45, 2.75) is 5.08 Å². The van der Waals surface area contributed by atoms with Crippen molar-refractivity contribution in [3.8, 4) is 0 Å². The highest BCUT2D eigenvalue weighted by Gasteiger charge is 2.52. The Hall–Kier alpha value is -1.04. The van der Waals surface area contributed by atoms with Crippen LogP contribution in [0.2, 0.25) is 0 Å². The van der Waals surface area contributed by atoms with Crippen molar-refractivity contribution in [1.82, 2.24) is 15.3 Å². The molecule has 0 amide bonds. The lowest BCUT2D eigenvalue weighted by atomic mass is 10.3. The Bertz CT molecular complexity index is 480. The second-order valence-electron chi connectivity index (χ2n) is 4.01. The van der Waals surface area contributed by atoms with Crippen LogP contribution < -0.4 is 10.2 Å². The van der Waals surface area contributed by atoms with Crippen molar-refractivity contribution in [3.63, 3.8) is 0 Å². The molecule has 1 fully saturated rings. The molecule has 1 aliphatic rings. The number of hydrogen-bond donors (Lipinski definition) is 3. The standard InChI is InChI=1S/C9H12N4O4P2/c14-9(18-15,19(16)17)7-5-11-8(12-6-7)13-3-1-10-2-4-13/h5-6,10,14H,1-4H2/p+1. The molecule has 0 bridgehead atoms. The smallest absolute Gasteiger partial charge is 0.338 e. The Morgan fingerprint density at radius 1 is 1.37 bits per heavy atom. The van der Waals surface area contributed by atoms with E-state index in [1.165, 1.54) is 12.4 Å². The third-order valence-electron chi connectivity index (χ3n) is 2.82. The summed E-state index contributed by atoms with van der Waals surface area (Å²) in [4.78, 5) is 19.1. The van der Waals surface area contributed by atoms with Gasteiger partial charge in [-0.1, -0.05) is 0 Å². The Kier molecular flexibility index (Phi) is 4.50. The largest absolute Gasteiger partial charge is 0.559 e. The Morgan fingerprint density at radius 3 is 2.42 bits per heavy atom. The summed E-state index contributed by atoms with van der Waals surface area (Å²) < 4.78 is 21.9. The summed E-state index contributed by atoms with van der Waals surface area (Å²) in [5.74, 6) is 0.475. The molecule has 1 aromatic rings. The number of anilines is 1. The van der Waals surface area contributed by atoms with Crippen LogP contribution in [-0.4, -0.2) is 46.1 Å². The van der Waals surface area contributed by atoms with Crippen molar-refractivity contribution in [1.29, 1.82) is 0 Å². The van der Waals surface area contributed by atoms with Gasteiger partial charge in [0.1, 0.15) is 0 Å². The van der Waals surface area contributed by atoms with Crippen molar-refractivity contribution >= 4 is 22.4 Å². The van der Waals surface area contributed by atoms with E-state index in [4.69, 9.17) is 4.89 Å². The second kappa shape index (κ2) is 5.94. The van der Waals surface area contributed by atoms with E-state index in [0.717, 1.165) is 26.2 Å². The number of nitrogens with zero attached hydrogens (tertiary/aromatic N) is 3. The first-order valence-corrected chi connectivity index (χ1v) is 7.61. The second-order valence-corrected chi connectivity index (χ2v) is 6.38. The summed E-state index contributed by atoms with van der Waals surface area (Å²) in [6.07, 6.45) is 2.44. The minimum absolute atomic E-state index is 0.0494. The van der Waals surface area contributed by atoms with Gasteiger partial charge < -0.3 is 15.3 Å². The zero-order valence-electron chi connectivity index (χ0n) is 9.93. The van der Waals surface area contributed by atoms with Crippen LogP contribution in [0.4, 0.5) is 5.95 Å². The van der Waals surface area contributed by atoms with Crippen LogP contribution in [0.5, 0.6) is 0 Å². The lowest BCUT2D eigenvalue weighted by Gasteiger charge is -2.27. The van der Waals surface area contributed by atoms with Gasteiger partial charge >= 0.3 is 13.1 Å². The lowest BCUT2D eigenvalue weighted by Crippen LogP contribution is -2.44. The van der Waals surface area contributed by atoms with Gasteiger partial charge in [-0.2, -0.15) is 4.89 Å². The van der Waals surface area contributed by atoms with Crippen LogP contribution in [0.1, 0.15) is 5.56 Å². The number of aliphatic hydroxyl groups is 1. The highest BCUT2D eigenvalue weighted by atomic mass is 31.2. The fourth-order valence-corrected chi connectivity index (χ4v) is 2.56. The van der Waals surface area contributed by atoms with Crippen LogP contribution >= 0.6 is 16.5 Å². The first kappa shape index (κ1) is 14.4. The van der Waals surface area contributed by atoms with E-state index in [1.54, 1.807) is 0 Å². The van der Waals surface area contributed by atoms with Crippen LogP contribution in [0, 0.1) is 0 Å². The van der Waals surface area contributed by atoms with E-state index < -0.39 is 21.6 Å². The predicted molar refractivity (Wildman–Crippen MR) is 68.4 cm³/mol. The van der Waals surface area contributed by atoms with Crippen molar-refractivity contribution in [2.24, 2.45) is 0 Å². The van der Waals surface area contributed by atoms with Gasteiger partial charge in [0.05, 0.1) is 5.56 Å². The molecule has 2 heterocycles. The van der Waals surface area contributed by atoms with E-state index in [0.29, 0.717) is 5.95 Å². The van der Waals surface area contributed by atoms with Crippen LogP contribution in [-0.2, 0) is 14.2 Å². The zero-order valence-corrected chi connectivity index (χ0v) is 11.7. The molecular formula is C9H13N4O4P2+. The maximum atomic E-state index is 11.1. The molecular weight excluding hydrogens is 290 g/mol. The Balaban J connectivity index is 2.22. The molecule has 2 unspecified atom stereocenters. The van der Waals surface area contributed by atoms with Gasteiger partial charge in [0.25, 0.3) is 8.46 Å². The molecule has 0 aromatic carbocycles. The zero-order chi connectivity index (χ0) is 13.9. The summed E-state index contributed by atoms with van der Waals surface area (Å²) >= 11 is 0. The van der Waals surface area contributed by atoms with Crippen molar-refractivity contribution in [2.75, 3.05) is 31.1 Å². The lowest BCUT2D eigenvalue weighted by molar-refractivity contribution is 0.200. The quantitative estimate of drug-likeness (QED) is 0.666. The van der Waals surface area contributed by atoms with Crippen molar-refractivity contribution in [3.05, 3.63) is 18.0 Å². The first-order chi connectivity index (χ1) is 9.08. The third-order valence-corrected chi connectivity index (χ3v) is 4.88. The van der Waals surface area contributed by atoms with Gasteiger partial charge in [-0.25, -0.2) is 9.97 Å². The summed E-state index contributed by atoms with van der Waals surface area (Å²) in [5, 5.41) is 10.7. The van der Waals surface area contributed by atoms with E-state index in [-0.39, 0.29) is 5.56 Å². The van der Waals surface area contributed by atoms with E-state index in [9.17, 15) is 14.2 Å². The van der Waals surface area contributed by atoms with Crippen LogP contribution in [0.15, 0.2) is 12.4 Å². The van der Waals surface area contributed by atoms with Gasteiger partial charge in [-0.15, -0.1) is 0 Å². The predicted octanol–water partition coefficient (Wildman–Crippen LogP) is 0.0152. The summed E-state index contributed by atoms with van der Waals surface area (Å²) in [6.45, 7) is 3.18. The highest BCUT2D eigenvalue weighted by Crippen LogP contribution is 2.49. The van der Waals surface area contributed by atoms with E-state index in [1.807, 2.05) is 4.90 Å². The SMILES string of the molecule is O=PC(O)(c1cnc(N2CCNCC2)nc1)[P+](=O)O. The van der Waals surface area contributed by atoms with Crippen LogP contribution in [0.25, 0.3) is 0 Å². The summed E-state index contributed by atoms with van der Waals surface area (Å²) in [5.41, 5.74) is -0.0494. The molecule has 0 saturated carbocycles. The summed E-state index contributed by atoms with van der Waals surface area (Å²) in [6, 6.07) is 0. The molecule has 3 N–H and O–H groups in total. The molecule has 0 spiro atoms. The highest BCUT2D eigenvalue weighted by molar-refractivity contribution is 7.52. The molecule has 10 heteroatoms. The summed E-state index contributed by atoms with van der Waals surface area (Å²) in [7, 11) is -3.93. The maximum Gasteiger partial charge on any atom is 0.559 e. The molecule has 102 valence electrons. The van der Waals surface area contributed by atoms with Gasteiger partial charge in [-0.3, -0.25) is 4.57 Å². The number of rotatable bonds is 4. The average Bonchev–Trinajstić information content (AvgIpc) is 2.47. The fraction of sp³-hybridized carbons (Fsp3) is 0.556. The normalized spacial score (nSPS) is 20.1. The molecule has 0 aliphatic carbocycles. The van der Waals surface area contributed by atoms with E-state index >= 15 is 0 Å². The average molecular weight is 303 g/mol. The number of hydrogen-bond acceptors (Lipinski definition) is 7. The molecule has 19 heavy (non-hydrogen) atoms. The molecule has 1 aliphatic heterocycles. The third kappa shape index (κ3) is 2.94. The number of piperazine rings is 1. The van der Waals surface area contributed by atoms with Gasteiger partial charge in [0.2, 0.25) is 5.95 Å². The molecule has 2 atom stereocenters. The Morgan fingerprint density at radius 2 is 1.95 bits per heavy atom. The van der Waals surface area contributed by atoms with Gasteiger partial charge in [0, 0.05) is 38.6 Å². The molecule has 8 nitrogen and oxygen atoms in total. The van der Waals surface area contributed by atoms with Crippen molar-refractivity contribution < 1.29 is 19.1 Å². The fourth-order valence-electron chi connectivity index (χ4n) is 1.72. The minimum atomic E-state index is -3.07. The molecule has 2 rings (SSSR count). The molecule has 1 aromatic heterocycles. The number of aromatic nitrogens is 2. The van der Waals surface area contributed by atoms with Crippen LogP contribution in [0.3, 0.4) is 0 Å².